The van der Waals surface area contributed by atoms with E-state index in [1.165, 1.54) is 23.1 Å². The van der Waals surface area contributed by atoms with E-state index in [9.17, 15) is 0 Å². The van der Waals surface area contributed by atoms with Gasteiger partial charge in [-0.1, -0.05) is 13.8 Å². The fourth-order valence-corrected chi connectivity index (χ4v) is 3.68. The molecule has 3 atom stereocenters. The van der Waals surface area contributed by atoms with Crippen LogP contribution in [0.2, 0.25) is 0 Å². The van der Waals surface area contributed by atoms with Gasteiger partial charge in [0.1, 0.15) is 0 Å². The molecule has 0 amide bonds. The zero-order valence-electron chi connectivity index (χ0n) is 11.0. The second-order valence-corrected chi connectivity index (χ2v) is 6.28. The summed E-state index contributed by atoms with van der Waals surface area (Å²) in [6.45, 7) is 5.73. The Morgan fingerprint density at radius 3 is 3.17 bits per heavy atom. The molecule has 0 aromatic carbocycles. The first-order chi connectivity index (χ1) is 8.79. The molecule has 96 valence electrons. The first kappa shape index (κ1) is 12.1. The van der Waals surface area contributed by atoms with Crippen molar-refractivity contribution in [3.05, 3.63) is 29.3 Å². The van der Waals surface area contributed by atoms with Crippen LogP contribution in [0.1, 0.15) is 38.2 Å². The third-order valence-corrected chi connectivity index (χ3v) is 5.04. The summed E-state index contributed by atoms with van der Waals surface area (Å²) in [5, 5.41) is 5.75. The van der Waals surface area contributed by atoms with Gasteiger partial charge in [-0.2, -0.15) is 0 Å². The molecule has 1 fully saturated rings. The van der Waals surface area contributed by atoms with Gasteiger partial charge in [0.2, 0.25) is 0 Å². The molecule has 2 heterocycles. The number of pyridine rings is 1. The van der Waals surface area contributed by atoms with Crippen LogP contribution in [0.3, 0.4) is 0 Å². The van der Waals surface area contributed by atoms with Gasteiger partial charge in [-0.05, 0) is 54.3 Å². The van der Waals surface area contributed by atoms with Crippen molar-refractivity contribution in [2.45, 2.75) is 38.6 Å². The van der Waals surface area contributed by atoms with Crippen LogP contribution >= 0.6 is 11.3 Å². The molecule has 1 aliphatic rings. The van der Waals surface area contributed by atoms with Crippen molar-refractivity contribution in [3.8, 4) is 0 Å². The molecule has 2 aromatic rings. The monoisotopic (exact) mass is 260 g/mol. The Hall–Kier alpha value is -0.930. The Kier molecular flexibility index (Phi) is 3.35. The van der Waals surface area contributed by atoms with Gasteiger partial charge in [-0.25, -0.2) is 0 Å². The number of nitrogens with zero attached hydrogens (tertiary/aromatic N) is 1. The summed E-state index contributed by atoms with van der Waals surface area (Å²) in [4.78, 5) is 4.56. The number of fused-ring (bicyclic) bond motifs is 1. The lowest BCUT2D eigenvalue weighted by molar-refractivity contribution is 0.185. The Bertz CT molecular complexity index is 534. The number of thiophene rings is 1. The maximum absolute atomic E-state index is 4.56. The molecule has 0 radical (unpaired) electrons. The van der Waals surface area contributed by atoms with E-state index in [0.717, 1.165) is 18.0 Å². The lowest BCUT2D eigenvalue weighted by Crippen LogP contribution is -2.48. The number of hydrogen-bond acceptors (Lipinski definition) is 3. The summed E-state index contributed by atoms with van der Waals surface area (Å²) in [6.07, 6.45) is 4.56. The quantitative estimate of drug-likeness (QED) is 0.904. The fourth-order valence-electron chi connectivity index (χ4n) is 2.89. The van der Waals surface area contributed by atoms with E-state index in [-0.39, 0.29) is 0 Å². The predicted molar refractivity (Wildman–Crippen MR) is 78.2 cm³/mol. The second kappa shape index (κ2) is 4.98. The van der Waals surface area contributed by atoms with E-state index in [2.05, 4.69) is 47.9 Å². The molecule has 3 rings (SSSR count). The Morgan fingerprint density at radius 1 is 1.50 bits per heavy atom. The molecule has 3 unspecified atom stereocenters. The molecule has 1 saturated carbocycles. The molecule has 3 heteroatoms. The maximum Gasteiger partial charge on any atom is 0.0809 e. The van der Waals surface area contributed by atoms with Crippen LogP contribution in [-0.4, -0.2) is 17.6 Å². The molecule has 0 aliphatic heterocycles. The first-order valence-corrected chi connectivity index (χ1v) is 7.74. The Balaban J connectivity index is 1.72. The van der Waals surface area contributed by atoms with Gasteiger partial charge in [-0.15, -0.1) is 11.3 Å². The van der Waals surface area contributed by atoms with Crippen LogP contribution in [-0.2, 0) is 0 Å². The third kappa shape index (κ3) is 2.06. The molecule has 1 N–H and O–H groups in total. The SMILES string of the molecule is CCCNC1CC(c2cnc3ccsc3c2)C1C. The average molecular weight is 260 g/mol. The summed E-state index contributed by atoms with van der Waals surface area (Å²) >= 11 is 1.79. The summed E-state index contributed by atoms with van der Waals surface area (Å²) in [5.74, 6) is 1.43. The molecule has 18 heavy (non-hydrogen) atoms. The van der Waals surface area contributed by atoms with Gasteiger partial charge in [0.15, 0.2) is 0 Å². The van der Waals surface area contributed by atoms with Gasteiger partial charge in [0, 0.05) is 12.2 Å². The van der Waals surface area contributed by atoms with Crippen LogP contribution < -0.4 is 5.32 Å². The molecule has 0 saturated heterocycles. The first-order valence-electron chi connectivity index (χ1n) is 6.86. The standard InChI is InChI=1S/C15H20N2S/c1-3-5-16-14-8-12(10(14)2)11-7-15-13(17-9-11)4-6-18-15/h4,6-7,9-10,12,14,16H,3,5,8H2,1-2H3. The van der Waals surface area contributed by atoms with Gasteiger partial charge in [0.25, 0.3) is 0 Å². The van der Waals surface area contributed by atoms with Crippen LogP contribution in [0.5, 0.6) is 0 Å². The third-order valence-electron chi connectivity index (χ3n) is 4.19. The van der Waals surface area contributed by atoms with Crippen LogP contribution in [0.25, 0.3) is 10.2 Å². The average Bonchev–Trinajstić information content (AvgIpc) is 2.84. The smallest absolute Gasteiger partial charge is 0.0809 e. The van der Waals surface area contributed by atoms with E-state index in [4.69, 9.17) is 0 Å². The zero-order chi connectivity index (χ0) is 12.5. The summed E-state index contributed by atoms with van der Waals surface area (Å²) in [7, 11) is 0. The Morgan fingerprint density at radius 2 is 2.39 bits per heavy atom. The Labute approximate surface area is 112 Å². The van der Waals surface area contributed by atoms with Gasteiger partial charge < -0.3 is 5.32 Å². The minimum atomic E-state index is 0.693. The molecule has 0 spiro atoms. The summed E-state index contributed by atoms with van der Waals surface area (Å²) < 4.78 is 1.32. The number of aromatic nitrogens is 1. The van der Waals surface area contributed by atoms with Crippen molar-refractivity contribution in [1.29, 1.82) is 0 Å². The molecule has 2 aromatic heterocycles. The van der Waals surface area contributed by atoms with Crippen LogP contribution in [0.15, 0.2) is 23.7 Å². The highest BCUT2D eigenvalue weighted by molar-refractivity contribution is 7.17. The molecule has 2 nitrogen and oxygen atoms in total. The largest absolute Gasteiger partial charge is 0.314 e. The van der Waals surface area contributed by atoms with Crippen LogP contribution in [0, 0.1) is 5.92 Å². The normalized spacial score (nSPS) is 27.3. The maximum atomic E-state index is 4.56. The minimum absolute atomic E-state index is 0.693. The van der Waals surface area contributed by atoms with Gasteiger partial charge in [0.05, 0.1) is 10.2 Å². The van der Waals surface area contributed by atoms with Gasteiger partial charge >= 0.3 is 0 Å². The van der Waals surface area contributed by atoms with E-state index in [1.807, 2.05) is 0 Å². The van der Waals surface area contributed by atoms with E-state index < -0.39 is 0 Å². The summed E-state index contributed by atoms with van der Waals surface area (Å²) in [6, 6.07) is 5.14. The predicted octanol–water partition coefficient (Wildman–Crippen LogP) is 3.79. The topological polar surface area (TPSA) is 24.9 Å². The lowest BCUT2D eigenvalue weighted by atomic mass is 9.67. The van der Waals surface area contributed by atoms with E-state index >= 15 is 0 Å². The van der Waals surface area contributed by atoms with Crippen molar-refractivity contribution in [2.75, 3.05) is 6.54 Å². The van der Waals surface area contributed by atoms with Gasteiger partial charge in [-0.3, -0.25) is 4.98 Å². The molecular formula is C15H20N2S. The zero-order valence-corrected chi connectivity index (χ0v) is 11.8. The van der Waals surface area contributed by atoms with Crippen molar-refractivity contribution in [1.82, 2.24) is 10.3 Å². The summed E-state index contributed by atoms with van der Waals surface area (Å²) in [5.41, 5.74) is 2.56. The molecule has 1 aliphatic carbocycles. The molecule has 0 bridgehead atoms. The second-order valence-electron chi connectivity index (χ2n) is 5.33. The number of rotatable bonds is 4. The highest BCUT2D eigenvalue weighted by atomic mass is 32.1. The lowest BCUT2D eigenvalue weighted by Gasteiger charge is -2.43. The van der Waals surface area contributed by atoms with Crippen molar-refractivity contribution in [3.63, 3.8) is 0 Å². The van der Waals surface area contributed by atoms with Crippen molar-refractivity contribution in [2.24, 2.45) is 5.92 Å². The van der Waals surface area contributed by atoms with E-state index in [0.29, 0.717) is 12.0 Å². The molecular weight excluding hydrogens is 240 g/mol. The van der Waals surface area contributed by atoms with E-state index in [1.54, 1.807) is 11.3 Å². The number of hydrogen-bond donors (Lipinski definition) is 1. The van der Waals surface area contributed by atoms with Crippen molar-refractivity contribution >= 4 is 21.6 Å². The highest BCUT2D eigenvalue weighted by Crippen LogP contribution is 2.43. The number of nitrogens with one attached hydrogen (secondary N) is 1. The van der Waals surface area contributed by atoms with Crippen LogP contribution in [0.4, 0.5) is 0 Å². The van der Waals surface area contributed by atoms with Crippen molar-refractivity contribution < 1.29 is 0 Å². The fraction of sp³-hybridized carbons (Fsp3) is 0.533. The highest BCUT2D eigenvalue weighted by Gasteiger charge is 2.38. The minimum Gasteiger partial charge on any atom is -0.314 e.